The van der Waals surface area contributed by atoms with Crippen molar-refractivity contribution in [2.75, 3.05) is 6.54 Å². The van der Waals surface area contributed by atoms with Crippen molar-refractivity contribution in [1.82, 2.24) is 14.8 Å². The summed E-state index contributed by atoms with van der Waals surface area (Å²) >= 11 is 1.69. The lowest BCUT2D eigenvalue weighted by Crippen LogP contribution is -2.42. The van der Waals surface area contributed by atoms with Crippen molar-refractivity contribution in [3.63, 3.8) is 0 Å². The number of carbonyl (C=O) groups excluding carboxylic acids is 1. The third-order valence-corrected chi connectivity index (χ3v) is 6.49. The maximum absolute atomic E-state index is 13.4. The van der Waals surface area contributed by atoms with E-state index < -0.39 is 0 Å². The Kier molecular flexibility index (Phi) is 5.11. The second-order valence-electron chi connectivity index (χ2n) is 7.45. The number of hydrogen-bond donors (Lipinski definition) is 1. The molecule has 0 aliphatic carbocycles. The number of benzene rings is 2. The number of nitrogens with zero attached hydrogens (tertiary/aromatic N) is 2. The van der Waals surface area contributed by atoms with Gasteiger partial charge in [-0.2, -0.15) is 0 Å². The first-order chi connectivity index (χ1) is 14.8. The van der Waals surface area contributed by atoms with Crippen LogP contribution in [-0.4, -0.2) is 22.0 Å². The Hall–Kier alpha value is -3.31. The molecular weight excluding hydrogens is 390 g/mol. The van der Waals surface area contributed by atoms with Gasteiger partial charge in [-0.25, -0.2) is 4.79 Å². The fourth-order valence-corrected chi connectivity index (χ4v) is 4.99. The number of fused-ring (bicyclic) bond motifs is 3. The molecule has 2 aromatic heterocycles. The topological polar surface area (TPSA) is 37.3 Å². The third-order valence-electron chi connectivity index (χ3n) is 5.57. The number of urea groups is 1. The number of aromatic nitrogens is 1. The van der Waals surface area contributed by atoms with Crippen molar-refractivity contribution in [3.05, 3.63) is 112 Å². The molecule has 4 nitrogen and oxygen atoms in total. The van der Waals surface area contributed by atoms with Gasteiger partial charge in [0.1, 0.15) is 6.04 Å². The summed E-state index contributed by atoms with van der Waals surface area (Å²) in [6, 6.07) is 26.8. The summed E-state index contributed by atoms with van der Waals surface area (Å²) in [6.07, 6.45) is 2.91. The zero-order valence-corrected chi connectivity index (χ0v) is 17.4. The molecule has 150 valence electrons. The van der Waals surface area contributed by atoms with Gasteiger partial charge >= 0.3 is 6.03 Å². The molecule has 1 aliphatic rings. The summed E-state index contributed by atoms with van der Waals surface area (Å²) < 4.78 is 2.22. The molecule has 1 N–H and O–H groups in total. The normalized spacial score (nSPS) is 15.2. The summed E-state index contributed by atoms with van der Waals surface area (Å²) in [6.45, 7) is 1.18. The number of carbonyl (C=O) groups is 1. The van der Waals surface area contributed by atoms with Gasteiger partial charge in [0.25, 0.3) is 0 Å². The molecule has 0 saturated carbocycles. The monoisotopic (exact) mass is 413 g/mol. The van der Waals surface area contributed by atoms with E-state index in [9.17, 15) is 4.79 Å². The lowest BCUT2D eigenvalue weighted by molar-refractivity contribution is 0.181. The number of rotatable bonds is 4. The number of para-hydroxylation sites is 1. The van der Waals surface area contributed by atoms with Gasteiger partial charge in [0, 0.05) is 17.6 Å². The largest absolute Gasteiger partial charge is 0.338 e. The van der Waals surface area contributed by atoms with E-state index >= 15 is 0 Å². The fourth-order valence-electron chi connectivity index (χ4n) is 4.15. The molecule has 0 radical (unpaired) electrons. The predicted octanol–water partition coefficient (Wildman–Crippen LogP) is 5.40. The van der Waals surface area contributed by atoms with Crippen LogP contribution < -0.4 is 5.32 Å². The summed E-state index contributed by atoms with van der Waals surface area (Å²) in [4.78, 5) is 16.5. The van der Waals surface area contributed by atoms with Gasteiger partial charge < -0.3 is 14.8 Å². The molecule has 0 bridgehead atoms. The molecule has 0 fully saturated rings. The predicted molar refractivity (Wildman–Crippen MR) is 121 cm³/mol. The summed E-state index contributed by atoms with van der Waals surface area (Å²) in [5.74, 6) is 0. The van der Waals surface area contributed by atoms with Crippen molar-refractivity contribution >= 4 is 17.4 Å². The first-order valence-electron chi connectivity index (χ1n) is 10.2. The second kappa shape index (κ2) is 8.20. The fraction of sp³-hybridized carbons (Fsp3) is 0.160. The molecular formula is C25H23N3OS. The van der Waals surface area contributed by atoms with Crippen molar-refractivity contribution < 1.29 is 4.79 Å². The van der Waals surface area contributed by atoms with E-state index in [-0.39, 0.29) is 12.1 Å². The quantitative estimate of drug-likeness (QED) is 0.478. The van der Waals surface area contributed by atoms with Gasteiger partial charge in [0.05, 0.1) is 17.9 Å². The van der Waals surface area contributed by atoms with E-state index in [2.05, 4.69) is 76.1 Å². The minimum atomic E-state index is -0.121. The van der Waals surface area contributed by atoms with Crippen LogP contribution in [-0.2, 0) is 13.0 Å². The summed E-state index contributed by atoms with van der Waals surface area (Å²) in [5, 5.41) is 5.23. The Morgan fingerprint density at radius 1 is 0.967 bits per heavy atom. The highest BCUT2D eigenvalue weighted by Gasteiger charge is 2.33. The number of thiophene rings is 1. The van der Waals surface area contributed by atoms with Gasteiger partial charge in [-0.3, -0.25) is 0 Å². The lowest BCUT2D eigenvalue weighted by Gasteiger charge is -2.30. The first kappa shape index (κ1) is 18.7. The van der Waals surface area contributed by atoms with Crippen LogP contribution in [0.4, 0.5) is 4.79 Å². The Bertz CT molecular complexity index is 1130. The standard InChI is InChI=1S/C25H23N3OS/c29-25(26-15-14-19-8-2-1-3-9-19)28-18-20-10-4-5-11-21(20)27-16-6-12-22(27)24(28)23-13-7-17-30-23/h1-13,16-17,24H,14-15,18H2,(H,26,29)/t24-/m0/s1. The number of nitrogens with one attached hydrogen (secondary N) is 1. The van der Waals surface area contributed by atoms with Crippen LogP contribution in [0.1, 0.15) is 27.7 Å². The minimum absolute atomic E-state index is 0.0335. The van der Waals surface area contributed by atoms with Crippen LogP contribution in [0.5, 0.6) is 0 Å². The van der Waals surface area contributed by atoms with Gasteiger partial charge in [-0.1, -0.05) is 54.6 Å². The zero-order valence-electron chi connectivity index (χ0n) is 16.6. The Morgan fingerprint density at radius 2 is 1.80 bits per heavy atom. The molecule has 0 spiro atoms. The molecule has 1 atom stereocenters. The van der Waals surface area contributed by atoms with Gasteiger partial charge in [0.2, 0.25) is 0 Å². The Balaban J connectivity index is 1.47. The molecule has 4 aromatic rings. The van der Waals surface area contributed by atoms with Crippen molar-refractivity contribution in [2.24, 2.45) is 0 Å². The highest BCUT2D eigenvalue weighted by Crippen LogP contribution is 2.38. The van der Waals surface area contributed by atoms with Crippen LogP contribution >= 0.6 is 11.3 Å². The molecule has 3 heterocycles. The summed E-state index contributed by atoms with van der Waals surface area (Å²) in [7, 11) is 0. The average Bonchev–Trinajstić information content (AvgIpc) is 3.45. The van der Waals surface area contributed by atoms with E-state index in [1.807, 2.05) is 29.2 Å². The second-order valence-corrected chi connectivity index (χ2v) is 8.42. The van der Waals surface area contributed by atoms with Crippen LogP contribution in [0.3, 0.4) is 0 Å². The van der Waals surface area contributed by atoms with E-state index in [1.165, 1.54) is 10.4 Å². The summed E-state index contributed by atoms with van der Waals surface area (Å²) in [5.41, 5.74) is 4.62. The van der Waals surface area contributed by atoms with E-state index in [0.717, 1.165) is 23.4 Å². The number of hydrogen-bond acceptors (Lipinski definition) is 2. The maximum atomic E-state index is 13.4. The van der Waals surface area contributed by atoms with Crippen molar-refractivity contribution in [3.8, 4) is 5.69 Å². The third kappa shape index (κ3) is 3.53. The molecule has 0 unspecified atom stereocenters. The molecule has 0 saturated heterocycles. The van der Waals surface area contributed by atoms with E-state index in [1.54, 1.807) is 11.3 Å². The minimum Gasteiger partial charge on any atom is -0.338 e. The average molecular weight is 414 g/mol. The number of amides is 2. The lowest BCUT2D eigenvalue weighted by atomic mass is 10.1. The molecule has 5 rings (SSSR count). The molecule has 2 amide bonds. The van der Waals surface area contributed by atoms with Gasteiger partial charge in [-0.05, 0) is 47.2 Å². The Morgan fingerprint density at radius 3 is 2.63 bits per heavy atom. The Labute approximate surface area is 180 Å². The highest BCUT2D eigenvalue weighted by atomic mass is 32.1. The van der Waals surface area contributed by atoms with E-state index in [0.29, 0.717) is 13.1 Å². The SMILES string of the molecule is O=C(NCCc1ccccc1)N1Cc2ccccc2-n2cccc2[C@H]1c1cccs1. The smallest absolute Gasteiger partial charge is 0.318 e. The van der Waals surface area contributed by atoms with Gasteiger partial charge in [0.15, 0.2) is 0 Å². The zero-order chi connectivity index (χ0) is 20.3. The molecule has 30 heavy (non-hydrogen) atoms. The molecule has 5 heteroatoms. The van der Waals surface area contributed by atoms with Crippen molar-refractivity contribution in [1.29, 1.82) is 0 Å². The molecule has 2 aromatic carbocycles. The maximum Gasteiger partial charge on any atom is 0.318 e. The van der Waals surface area contributed by atoms with E-state index in [4.69, 9.17) is 0 Å². The van der Waals surface area contributed by atoms with Crippen LogP contribution in [0.25, 0.3) is 5.69 Å². The van der Waals surface area contributed by atoms with Crippen molar-refractivity contribution in [2.45, 2.75) is 19.0 Å². The van der Waals surface area contributed by atoms with Crippen LogP contribution in [0, 0.1) is 0 Å². The van der Waals surface area contributed by atoms with Gasteiger partial charge in [-0.15, -0.1) is 11.3 Å². The first-order valence-corrected chi connectivity index (χ1v) is 11.1. The highest BCUT2D eigenvalue weighted by molar-refractivity contribution is 7.10. The van der Waals surface area contributed by atoms with Crippen LogP contribution in [0.2, 0.25) is 0 Å². The van der Waals surface area contributed by atoms with Crippen LogP contribution in [0.15, 0.2) is 90.4 Å². The molecule has 1 aliphatic heterocycles.